The molecule has 5 rings (SSSR count). The predicted molar refractivity (Wildman–Crippen MR) is 109 cm³/mol. The van der Waals surface area contributed by atoms with E-state index in [1.54, 1.807) is 7.11 Å². The van der Waals surface area contributed by atoms with Crippen molar-refractivity contribution in [3.63, 3.8) is 0 Å². The zero-order chi connectivity index (χ0) is 17.7. The van der Waals surface area contributed by atoms with Gasteiger partial charge in [-0.25, -0.2) is 0 Å². The SMILES string of the molecule is COc1ccc2oc(C3NCc4ccc(Cl)cc4-n4cccc43)cc2c1.Cl. The van der Waals surface area contributed by atoms with Gasteiger partial charge in [0, 0.05) is 28.8 Å². The predicted octanol–water partition coefficient (Wildman–Crippen LogP) is 5.50. The summed E-state index contributed by atoms with van der Waals surface area (Å²) >= 11 is 6.23. The Labute approximate surface area is 168 Å². The second-order valence-corrected chi connectivity index (χ2v) is 6.88. The molecule has 4 aromatic rings. The highest BCUT2D eigenvalue weighted by Crippen LogP contribution is 2.34. The van der Waals surface area contributed by atoms with E-state index in [2.05, 4.69) is 34.3 Å². The number of methoxy groups -OCH3 is 1. The maximum absolute atomic E-state index is 6.23. The molecule has 1 atom stereocenters. The molecule has 2 aromatic heterocycles. The quantitative estimate of drug-likeness (QED) is 0.482. The molecular weight excluding hydrogens is 383 g/mol. The largest absolute Gasteiger partial charge is 0.497 e. The van der Waals surface area contributed by atoms with Gasteiger partial charge < -0.3 is 13.7 Å². The van der Waals surface area contributed by atoms with Crippen LogP contribution in [0.1, 0.15) is 23.1 Å². The number of nitrogens with zero attached hydrogens (tertiary/aromatic N) is 1. The van der Waals surface area contributed by atoms with Crippen LogP contribution in [0.4, 0.5) is 0 Å². The highest BCUT2D eigenvalue weighted by atomic mass is 35.5. The van der Waals surface area contributed by atoms with E-state index in [1.807, 2.05) is 36.4 Å². The minimum Gasteiger partial charge on any atom is -0.497 e. The molecule has 0 aliphatic carbocycles. The van der Waals surface area contributed by atoms with Crippen LogP contribution in [0, 0.1) is 0 Å². The van der Waals surface area contributed by atoms with E-state index in [1.165, 1.54) is 5.56 Å². The molecule has 138 valence electrons. The van der Waals surface area contributed by atoms with E-state index in [4.69, 9.17) is 20.8 Å². The molecule has 6 heteroatoms. The van der Waals surface area contributed by atoms with Gasteiger partial charge in [0.15, 0.2) is 0 Å². The number of fused-ring (bicyclic) bond motifs is 4. The highest BCUT2D eigenvalue weighted by molar-refractivity contribution is 6.30. The van der Waals surface area contributed by atoms with Crippen molar-refractivity contribution in [3.05, 3.63) is 82.8 Å². The molecule has 0 bridgehead atoms. The summed E-state index contributed by atoms with van der Waals surface area (Å²) in [5.74, 6) is 1.70. The van der Waals surface area contributed by atoms with Crippen molar-refractivity contribution < 1.29 is 9.15 Å². The molecule has 0 amide bonds. The van der Waals surface area contributed by atoms with Gasteiger partial charge in [0.05, 0.1) is 12.8 Å². The monoisotopic (exact) mass is 400 g/mol. The molecule has 27 heavy (non-hydrogen) atoms. The molecule has 0 spiro atoms. The lowest BCUT2D eigenvalue weighted by Crippen LogP contribution is -2.20. The van der Waals surface area contributed by atoms with Crippen LogP contribution in [0.5, 0.6) is 5.75 Å². The van der Waals surface area contributed by atoms with E-state index in [9.17, 15) is 0 Å². The molecular formula is C21H18Cl2N2O2. The van der Waals surface area contributed by atoms with E-state index < -0.39 is 0 Å². The molecule has 1 N–H and O–H groups in total. The number of aromatic nitrogens is 1. The summed E-state index contributed by atoms with van der Waals surface area (Å²) in [6.07, 6.45) is 2.07. The van der Waals surface area contributed by atoms with Gasteiger partial charge in [0.25, 0.3) is 0 Å². The van der Waals surface area contributed by atoms with Crippen molar-refractivity contribution in [2.45, 2.75) is 12.6 Å². The fourth-order valence-corrected chi connectivity index (χ4v) is 3.80. The minimum absolute atomic E-state index is 0. The van der Waals surface area contributed by atoms with Gasteiger partial charge in [-0.15, -0.1) is 12.4 Å². The first-order valence-electron chi connectivity index (χ1n) is 8.50. The van der Waals surface area contributed by atoms with Crippen molar-refractivity contribution in [1.82, 2.24) is 9.88 Å². The number of ether oxygens (including phenoxy) is 1. The van der Waals surface area contributed by atoms with Crippen LogP contribution in [-0.2, 0) is 6.54 Å². The third-order valence-electron chi connectivity index (χ3n) is 4.91. The Balaban J connectivity index is 0.00000180. The number of rotatable bonds is 2. The lowest BCUT2D eigenvalue weighted by atomic mass is 10.1. The van der Waals surface area contributed by atoms with Crippen LogP contribution < -0.4 is 10.1 Å². The molecule has 1 aliphatic rings. The van der Waals surface area contributed by atoms with Gasteiger partial charge in [-0.05, 0) is 54.1 Å². The lowest BCUT2D eigenvalue weighted by Gasteiger charge is -2.15. The Morgan fingerprint density at radius 3 is 2.89 bits per heavy atom. The number of hydrogen-bond donors (Lipinski definition) is 1. The highest BCUT2D eigenvalue weighted by Gasteiger charge is 2.25. The second-order valence-electron chi connectivity index (χ2n) is 6.44. The second kappa shape index (κ2) is 6.97. The van der Waals surface area contributed by atoms with Crippen LogP contribution in [0.2, 0.25) is 5.02 Å². The number of furan rings is 1. The Morgan fingerprint density at radius 1 is 1.15 bits per heavy atom. The zero-order valence-electron chi connectivity index (χ0n) is 14.6. The molecule has 2 aromatic carbocycles. The minimum atomic E-state index is -0.0467. The Hall–Kier alpha value is -2.40. The summed E-state index contributed by atoms with van der Waals surface area (Å²) < 4.78 is 13.7. The average molecular weight is 401 g/mol. The molecule has 4 nitrogen and oxygen atoms in total. The first kappa shape index (κ1) is 18.0. The summed E-state index contributed by atoms with van der Waals surface area (Å²) in [4.78, 5) is 0. The van der Waals surface area contributed by atoms with E-state index >= 15 is 0 Å². The first-order valence-corrected chi connectivity index (χ1v) is 8.87. The smallest absolute Gasteiger partial charge is 0.134 e. The van der Waals surface area contributed by atoms with Crippen LogP contribution in [-0.4, -0.2) is 11.7 Å². The molecule has 0 radical (unpaired) electrons. The fourth-order valence-electron chi connectivity index (χ4n) is 3.63. The molecule has 1 aliphatic heterocycles. The summed E-state index contributed by atoms with van der Waals surface area (Å²) in [6.45, 7) is 0.735. The molecule has 0 saturated heterocycles. The number of benzene rings is 2. The van der Waals surface area contributed by atoms with Crippen molar-refractivity contribution >= 4 is 35.0 Å². The summed E-state index contributed by atoms with van der Waals surface area (Å²) in [7, 11) is 1.67. The maximum Gasteiger partial charge on any atom is 0.134 e. The normalized spacial score (nSPS) is 15.6. The van der Waals surface area contributed by atoms with E-state index in [0.717, 1.165) is 45.4 Å². The van der Waals surface area contributed by atoms with Crippen LogP contribution in [0.15, 0.2) is 65.2 Å². The number of nitrogens with one attached hydrogen (secondary N) is 1. The van der Waals surface area contributed by atoms with Crippen LogP contribution in [0.3, 0.4) is 0 Å². The van der Waals surface area contributed by atoms with Gasteiger partial charge >= 0.3 is 0 Å². The van der Waals surface area contributed by atoms with E-state index in [-0.39, 0.29) is 18.4 Å². The van der Waals surface area contributed by atoms with Crippen LogP contribution in [0.25, 0.3) is 16.7 Å². The zero-order valence-corrected chi connectivity index (χ0v) is 16.2. The third-order valence-corrected chi connectivity index (χ3v) is 5.14. The molecule has 0 saturated carbocycles. The number of halogens is 2. The van der Waals surface area contributed by atoms with Crippen molar-refractivity contribution in [3.8, 4) is 11.4 Å². The Morgan fingerprint density at radius 2 is 2.04 bits per heavy atom. The topological polar surface area (TPSA) is 39.3 Å². The number of hydrogen-bond acceptors (Lipinski definition) is 3. The summed E-state index contributed by atoms with van der Waals surface area (Å²) in [6, 6.07) is 18.1. The van der Waals surface area contributed by atoms with Crippen molar-refractivity contribution in [1.29, 1.82) is 0 Å². The molecule has 3 heterocycles. The Bertz CT molecular complexity index is 1120. The van der Waals surface area contributed by atoms with Gasteiger partial charge in [0.2, 0.25) is 0 Å². The van der Waals surface area contributed by atoms with Gasteiger partial charge in [-0.2, -0.15) is 0 Å². The molecule has 1 unspecified atom stereocenters. The summed E-state index contributed by atoms with van der Waals surface area (Å²) in [5, 5.41) is 5.38. The average Bonchev–Trinajstić information content (AvgIpc) is 3.26. The maximum atomic E-state index is 6.23. The fraction of sp³-hybridized carbons (Fsp3) is 0.143. The van der Waals surface area contributed by atoms with Crippen molar-refractivity contribution in [2.24, 2.45) is 0 Å². The summed E-state index contributed by atoms with van der Waals surface area (Å²) in [5.41, 5.74) is 4.28. The first-order chi connectivity index (χ1) is 12.7. The third kappa shape index (κ3) is 3.00. The van der Waals surface area contributed by atoms with E-state index in [0.29, 0.717) is 0 Å². The van der Waals surface area contributed by atoms with Gasteiger partial charge in [-0.3, -0.25) is 5.32 Å². The van der Waals surface area contributed by atoms with Gasteiger partial charge in [0.1, 0.15) is 23.1 Å². The van der Waals surface area contributed by atoms with Gasteiger partial charge in [-0.1, -0.05) is 17.7 Å². The standard InChI is InChI=1S/C21H17ClN2O2.ClH/c1-25-16-6-7-19-14(9-16)10-20(26-19)21-17-3-2-8-24(17)18-11-15(22)5-4-13(18)12-23-21;/h2-11,21,23H,12H2,1H3;1H. The van der Waals surface area contributed by atoms with Crippen LogP contribution >= 0.6 is 24.0 Å². The Kier molecular flexibility index (Phi) is 4.64. The van der Waals surface area contributed by atoms with Crippen molar-refractivity contribution in [2.75, 3.05) is 7.11 Å². The lowest BCUT2D eigenvalue weighted by molar-refractivity contribution is 0.415. The molecule has 0 fully saturated rings.